The molecule has 1 heterocycles. The van der Waals surface area contributed by atoms with E-state index in [0.29, 0.717) is 11.3 Å². The van der Waals surface area contributed by atoms with E-state index in [1.807, 2.05) is 0 Å². The molecular formula is C13H10N2O5S. The standard InChI is InChI=1S/C13H10N2O5S/c16-12(17)7-8-3-1-2-4-9(8)14-13(18)10-5-6-11(21-10)15(19)20/h1-6H,7H2,(H,14,18)(H,16,17). The number of anilines is 1. The summed E-state index contributed by atoms with van der Waals surface area (Å²) in [7, 11) is 0. The summed E-state index contributed by atoms with van der Waals surface area (Å²) in [5.74, 6) is -1.52. The Bertz CT molecular complexity index is 710. The second-order valence-electron chi connectivity index (χ2n) is 4.08. The summed E-state index contributed by atoms with van der Waals surface area (Å²) in [6, 6.07) is 9.13. The van der Waals surface area contributed by atoms with Gasteiger partial charge in [-0.1, -0.05) is 29.5 Å². The van der Waals surface area contributed by atoms with Crippen LogP contribution in [0.1, 0.15) is 15.2 Å². The van der Waals surface area contributed by atoms with Crippen molar-refractivity contribution in [1.29, 1.82) is 0 Å². The first-order valence-electron chi connectivity index (χ1n) is 5.82. The molecule has 0 aliphatic heterocycles. The molecule has 0 saturated carbocycles. The van der Waals surface area contributed by atoms with Gasteiger partial charge in [-0.3, -0.25) is 19.7 Å². The van der Waals surface area contributed by atoms with Crippen LogP contribution in [0.4, 0.5) is 10.7 Å². The average Bonchev–Trinajstić information content (AvgIpc) is 2.90. The molecule has 8 heteroatoms. The van der Waals surface area contributed by atoms with Crippen LogP contribution in [-0.4, -0.2) is 21.9 Å². The predicted octanol–water partition coefficient (Wildman–Crippen LogP) is 2.54. The van der Waals surface area contributed by atoms with Crippen molar-refractivity contribution in [2.75, 3.05) is 5.32 Å². The van der Waals surface area contributed by atoms with Crippen molar-refractivity contribution in [2.45, 2.75) is 6.42 Å². The Labute approximate surface area is 123 Å². The zero-order chi connectivity index (χ0) is 15.4. The fourth-order valence-electron chi connectivity index (χ4n) is 1.69. The van der Waals surface area contributed by atoms with Gasteiger partial charge in [-0.25, -0.2) is 0 Å². The molecule has 7 nitrogen and oxygen atoms in total. The van der Waals surface area contributed by atoms with E-state index < -0.39 is 16.8 Å². The lowest BCUT2D eigenvalue weighted by Crippen LogP contribution is -2.13. The van der Waals surface area contributed by atoms with Gasteiger partial charge in [0.1, 0.15) is 0 Å². The summed E-state index contributed by atoms with van der Waals surface area (Å²) >= 11 is 0.761. The largest absolute Gasteiger partial charge is 0.481 e. The van der Waals surface area contributed by atoms with E-state index in [2.05, 4.69) is 5.32 Å². The van der Waals surface area contributed by atoms with E-state index in [1.54, 1.807) is 24.3 Å². The first-order valence-corrected chi connectivity index (χ1v) is 6.64. The number of nitro groups is 1. The predicted molar refractivity (Wildman–Crippen MR) is 76.7 cm³/mol. The second-order valence-corrected chi connectivity index (χ2v) is 5.14. The minimum absolute atomic E-state index is 0.126. The van der Waals surface area contributed by atoms with Crippen LogP contribution in [0.15, 0.2) is 36.4 Å². The maximum Gasteiger partial charge on any atom is 0.324 e. The third-order valence-corrected chi connectivity index (χ3v) is 3.64. The Hall–Kier alpha value is -2.74. The molecule has 0 aliphatic rings. The number of carbonyl (C=O) groups excluding carboxylic acids is 1. The van der Waals surface area contributed by atoms with Crippen LogP contribution in [0.3, 0.4) is 0 Å². The first-order chi connectivity index (χ1) is 9.97. The molecule has 2 aromatic rings. The van der Waals surface area contributed by atoms with E-state index in [0.717, 1.165) is 11.3 Å². The van der Waals surface area contributed by atoms with E-state index in [4.69, 9.17) is 5.11 Å². The van der Waals surface area contributed by atoms with Gasteiger partial charge in [-0.2, -0.15) is 0 Å². The summed E-state index contributed by atoms with van der Waals surface area (Å²) in [4.78, 5) is 33.0. The molecule has 108 valence electrons. The van der Waals surface area contributed by atoms with Gasteiger partial charge in [0.2, 0.25) is 0 Å². The molecule has 0 atom stereocenters. The molecule has 21 heavy (non-hydrogen) atoms. The molecule has 0 unspecified atom stereocenters. The van der Waals surface area contributed by atoms with Gasteiger partial charge >= 0.3 is 11.0 Å². The number of carboxylic acids is 1. The highest BCUT2D eigenvalue weighted by molar-refractivity contribution is 7.17. The lowest BCUT2D eigenvalue weighted by atomic mass is 10.1. The summed E-state index contributed by atoms with van der Waals surface area (Å²) in [6.07, 6.45) is -0.221. The number of benzene rings is 1. The Kier molecular flexibility index (Phi) is 4.29. The van der Waals surface area contributed by atoms with Crippen LogP contribution in [0.2, 0.25) is 0 Å². The zero-order valence-corrected chi connectivity index (χ0v) is 11.4. The van der Waals surface area contributed by atoms with Crippen molar-refractivity contribution in [3.8, 4) is 0 Å². The lowest BCUT2D eigenvalue weighted by Gasteiger charge is -2.08. The number of para-hydroxylation sites is 1. The number of amides is 1. The van der Waals surface area contributed by atoms with Crippen molar-refractivity contribution in [1.82, 2.24) is 0 Å². The van der Waals surface area contributed by atoms with Gasteiger partial charge in [0, 0.05) is 11.8 Å². The number of thiophene rings is 1. The number of hydrogen-bond acceptors (Lipinski definition) is 5. The summed E-state index contributed by atoms with van der Waals surface area (Å²) in [5.41, 5.74) is 0.838. The van der Waals surface area contributed by atoms with Crippen LogP contribution < -0.4 is 5.32 Å². The highest BCUT2D eigenvalue weighted by Crippen LogP contribution is 2.25. The highest BCUT2D eigenvalue weighted by Gasteiger charge is 2.16. The van der Waals surface area contributed by atoms with Crippen molar-refractivity contribution in [3.63, 3.8) is 0 Å². The Balaban J connectivity index is 2.19. The van der Waals surface area contributed by atoms with Crippen LogP contribution in [0, 0.1) is 10.1 Å². The number of carbonyl (C=O) groups is 2. The number of carboxylic acid groups (broad SMARTS) is 1. The topological polar surface area (TPSA) is 110 Å². The molecular weight excluding hydrogens is 296 g/mol. The number of aliphatic carboxylic acids is 1. The Morgan fingerprint density at radius 2 is 1.95 bits per heavy atom. The molecule has 1 aromatic carbocycles. The van der Waals surface area contributed by atoms with Gasteiger partial charge in [-0.15, -0.1) is 0 Å². The SMILES string of the molecule is O=C(O)Cc1ccccc1NC(=O)c1ccc([N+](=O)[O-])s1. The van der Waals surface area contributed by atoms with Gasteiger partial charge in [0.15, 0.2) is 0 Å². The van der Waals surface area contributed by atoms with Gasteiger partial charge in [0.05, 0.1) is 16.2 Å². The summed E-state index contributed by atoms with van der Waals surface area (Å²) in [6.45, 7) is 0. The zero-order valence-electron chi connectivity index (χ0n) is 10.6. The number of hydrogen-bond donors (Lipinski definition) is 2. The van der Waals surface area contributed by atoms with E-state index in [9.17, 15) is 19.7 Å². The van der Waals surface area contributed by atoms with Crippen molar-refractivity contribution >= 4 is 33.9 Å². The molecule has 0 fully saturated rings. The van der Waals surface area contributed by atoms with Gasteiger partial charge in [-0.05, 0) is 17.7 Å². The molecule has 0 aliphatic carbocycles. The fourth-order valence-corrected chi connectivity index (χ4v) is 2.41. The van der Waals surface area contributed by atoms with E-state index >= 15 is 0 Å². The third kappa shape index (κ3) is 3.63. The quantitative estimate of drug-likeness (QED) is 0.651. The minimum atomic E-state index is -1.01. The minimum Gasteiger partial charge on any atom is -0.481 e. The van der Waals surface area contributed by atoms with Crippen molar-refractivity contribution < 1.29 is 19.6 Å². The monoisotopic (exact) mass is 306 g/mol. The summed E-state index contributed by atoms with van der Waals surface area (Å²) in [5, 5.41) is 21.9. The van der Waals surface area contributed by atoms with Gasteiger partial charge in [0.25, 0.3) is 5.91 Å². The molecule has 1 amide bonds. The number of nitrogens with zero attached hydrogens (tertiary/aromatic N) is 1. The molecule has 0 spiro atoms. The maximum absolute atomic E-state index is 12.0. The highest BCUT2D eigenvalue weighted by atomic mass is 32.1. The molecule has 2 N–H and O–H groups in total. The molecule has 0 bridgehead atoms. The Morgan fingerprint density at radius 1 is 1.24 bits per heavy atom. The van der Waals surface area contributed by atoms with Crippen LogP contribution >= 0.6 is 11.3 Å². The Morgan fingerprint density at radius 3 is 2.57 bits per heavy atom. The number of nitrogens with one attached hydrogen (secondary N) is 1. The summed E-state index contributed by atoms with van der Waals surface area (Å²) < 4.78 is 0. The van der Waals surface area contributed by atoms with Crippen LogP contribution in [0.5, 0.6) is 0 Å². The molecule has 2 rings (SSSR count). The molecule has 0 radical (unpaired) electrons. The van der Waals surface area contributed by atoms with Gasteiger partial charge < -0.3 is 10.4 Å². The van der Waals surface area contributed by atoms with Crippen LogP contribution in [0.25, 0.3) is 0 Å². The van der Waals surface area contributed by atoms with Crippen molar-refractivity contribution in [2.24, 2.45) is 0 Å². The van der Waals surface area contributed by atoms with Crippen molar-refractivity contribution in [3.05, 3.63) is 57.0 Å². The van der Waals surface area contributed by atoms with E-state index in [1.165, 1.54) is 12.1 Å². The molecule has 0 saturated heterocycles. The lowest BCUT2D eigenvalue weighted by molar-refractivity contribution is -0.380. The second kappa shape index (κ2) is 6.14. The first kappa shape index (κ1) is 14.7. The third-order valence-electron chi connectivity index (χ3n) is 2.60. The maximum atomic E-state index is 12.0. The average molecular weight is 306 g/mol. The smallest absolute Gasteiger partial charge is 0.324 e. The molecule has 1 aromatic heterocycles. The van der Waals surface area contributed by atoms with E-state index in [-0.39, 0.29) is 16.3 Å². The normalized spacial score (nSPS) is 10.1. The number of rotatable bonds is 5. The van der Waals surface area contributed by atoms with Crippen LogP contribution in [-0.2, 0) is 11.2 Å². The fraction of sp³-hybridized carbons (Fsp3) is 0.0769.